The fourth-order valence-corrected chi connectivity index (χ4v) is 3.21. The van der Waals surface area contributed by atoms with Crippen LogP contribution in [0.2, 0.25) is 18.1 Å². The average molecular weight is 352 g/mol. The lowest BCUT2D eigenvalue weighted by atomic mass is 10.1. The molecule has 0 heterocycles. The van der Waals surface area contributed by atoms with Gasteiger partial charge in [-0.05, 0) is 36.5 Å². The molecule has 130 valence electrons. The maximum atomic E-state index is 11.4. The number of unbranched alkanes of at least 4 members (excludes halogenated alkanes) is 1. The molecule has 0 aliphatic heterocycles. The molecule has 0 aromatic heterocycles. The Morgan fingerprint density at radius 2 is 1.86 bits per heavy atom. The number of nitrogens with zero attached hydrogens (tertiary/aromatic N) is 3. The predicted octanol–water partition coefficient (Wildman–Crippen LogP) is 3.83. The summed E-state index contributed by atoms with van der Waals surface area (Å²) in [5.74, 6) is 0. The van der Waals surface area contributed by atoms with Gasteiger partial charge in [0.25, 0.3) is 10.1 Å². The molecule has 9 heteroatoms. The van der Waals surface area contributed by atoms with Crippen LogP contribution in [0.15, 0.2) is 5.11 Å². The van der Waals surface area contributed by atoms with Crippen molar-refractivity contribution >= 4 is 18.4 Å². The summed E-state index contributed by atoms with van der Waals surface area (Å²) in [5, 5.41) is 3.52. The van der Waals surface area contributed by atoms with Gasteiger partial charge >= 0.3 is 0 Å². The van der Waals surface area contributed by atoms with Crippen molar-refractivity contribution in [3.05, 3.63) is 10.4 Å². The molecule has 0 spiro atoms. The van der Waals surface area contributed by atoms with E-state index in [-0.39, 0.29) is 11.6 Å². The highest BCUT2D eigenvalue weighted by Gasteiger charge is 2.37. The smallest absolute Gasteiger partial charge is 0.264 e. The fraction of sp³-hybridized carbons (Fsp3) is 1.00. The van der Waals surface area contributed by atoms with Gasteiger partial charge in [0.2, 0.25) is 0 Å². The first-order valence-electron chi connectivity index (χ1n) is 7.42. The van der Waals surface area contributed by atoms with Crippen molar-refractivity contribution in [2.75, 3.05) is 19.4 Å². The van der Waals surface area contributed by atoms with Gasteiger partial charge in [-0.3, -0.25) is 4.18 Å². The molecule has 0 saturated carbocycles. The van der Waals surface area contributed by atoms with Crippen LogP contribution in [-0.4, -0.2) is 42.2 Å². The SMILES string of the molecule is CC(C)(C)[Si](C)(C)OC[C@@H](CCCCN=[N+]=[N-])OS(C)(=O)=O. The van der Waals surface area contributed by atoms with E-state index in [0.717, 1.165) is 12.7 Å². The third kappa shape index (κ3) is 9.42. The molecule has 0 bridgehead atoms. The van der Waals surface area contributed by atoms with E-state index in [9.17, 15) is 8.42 Å². The lowest BCUT2D eigenvalue weighted by Gasteiger charge is -2.37. The van der Waals surface area contributed by atoms with E-state index in [1.165, 1.54) is 0 Å². The van der Waals surface area contributed by atoms with Crippen LogP contribution < -0.4 is 0 Å². The van der Waals surface area contributed by atoms with Crippen molar-refractivity contribution in [3.63, 3.8) is 0 Å². The molecule has 7 nitrogen and oxygen atoms in total. The summed E-state index contributed by atoms with van der Waals surface area (Å²) < 4.78 is 33.9. The van der Waals surface area contributed by atoms with E-state index in [4.69, 9.17) is 14.1 Å². The fourth-order valence-electron chi connectivity index (χ4n) is 1.52. The Balaban J connectivity index is 4.57. The molecule has 0 radical (unpaired) electrons. The first-order valence-corrected chi connectivity index (χ1v) is 12.1. The molecule has 1 atom stereocenters. The zero-order valence-corrected chi connectivity index (χ0v) is 16.3. The molecule has 0 fully saturated rings. The largest absolute Gasteiger partial charge is 0.414 e. The molecule has 0 unspecified atom stereocenters. The first kappa shape index (κ1) is 21.4. The Morgan fingerprint density at radius 3 is 2.32 bits per heavy atom. The van der Waals surface area contributed by atoms with Gasteiger partial charge in [0.15, 0.2) is 8.32 Å². The monoisotopic (exact) mass is 351 g/mol. The molecular formula is C13H29N3O4SSi. The second-order valence-electron chi connectivity index (χ2n) is 6.94. The Hall–Kier alpha value is -0.603. The molecular weight excluding hydrogens is 322 g/mol. The van der Waals surface area contributed by atoms with Gasteiger partial charge in [0.1, 0.15) is 0 Å². The van der Waals surface area contributed by atoms with E-state index in [0.29, 0.717) is 19.4 Å². The lowest BCUT2D eigenvalue weighted by Crippen LogP contribution is -2.43. The summed E-state index contributed by atoms with van der Waals surface area (Å²) in [6, 6.07) is 0. The molecule has 0 saturated heterocycles. The minimum absolute atomic E-state index is 0.0597. The highest BCUT2D eigenvalue weighted by Crippen LogP contribution is 2.36. The van der Waals surface area contributed by atoms with Gasteiger partial charge in [-0.2, -0.15) is 8.42 Å². The van der Waals surface area contributed by atoms with Gasteiger partial charge in [-0.25, -0.2) is 0 Å². The first-order chi connectivity index (χ1) is 9.89. The van der Waals surface area contributed by atoms with Crippen LogP contribution in [0, 0.1) is 0 Å². The topological polar surface area (TPSA) is 101 Å². The third-order valence-corrected chi connectivity index (χ3v) is 8.97. The van der Waals surface area contributed by atoms with Crippen molar-refractivity contribution in [2.45, 2.75) is 64.3 Å². The third-order valence-electron chi connectivity index (χ3n) is 3.84. The number of hydrogen-bond donors (Lipinski definition) is 0. The molecule has 0 aromatic rings. The quantitative estimate of drug-likeness (QED) is 0.149. The standard InChI is InChI=1S/C13H29N3O4SSi/c1-13(2,3)22(5,6)19-11-12(20-21(4,17)18)9-7-8-10-15-16-14/h12H,7-11H2,1-6H3/t12-/m1/s1. The van der Waals surface area contributed by atoms with E-state index in [1.54, 1.807) is 0 Å². The van der Waals surface area contributed by atoms with E-state index >= 15 is 0 Å². The predicted molar refractivity (Wildman–Crippen MR) is 90.7 cm³/mol. The van der Waals surface area contributed by atoms with Crippen molar-refractivity contribution in [1.29, 1.82) is 0 Å². The van der Waals surface area contributed by atoms with Crippen LogP contribution in [-0.2, 0) is 18.7 Å². The molecule has 0 N–H and O–H groups in total. The molecule has 0 aliphatic carbocycles. The summed E-state index contributed by atoms with van der Waals surface area (Å²) >= 11 is 0. The van der Waals surface area contributed by atoms with Crippen molar-refractivity contribution in [1.82, 2.24) is 0 Å². The van der Waals surface area contributed by atoms with Gasteiger partial charge in [-0.1, -0.05) is 32.3 Å². The van der Waals surface area contributed by atoms with Gasteiger partial charge in [0, 0.05) is 11.5 Å². The van der Waals surface area contributed by atoms with E-state index in [2.05, 4.69) is 43.9 Å². The normalized spacial score (nSPS) is 14.5. The van der Waals surface area contributed by atoms with Crippen molar-refractivity contribution < 1.29 is 17.0 Å². The summed E-state index contributed by atoms with van der Waals surface area (Å²) in [7, 11) is -5.47. The summed E-state index contributed by atoms with van der Waals surface area (Å²) in [4.78, 5) is 2.69. The highest BCUT2D eigenvalue weighted by molar-refractivity contribution is 7.86. The number of azide groups is 1. The summed E-state index contributed by atoms with van der Waals surface area (Å²) in [5.41, 5.74) is 8.22. The number of hydrogen-bond acceptors (Lipinski definition) is 5. The van der Waals surface area contributed by atoms with Crippen LogP contribution in [0.4, 0.5) is 0 Å². The molecule has 22 heavy (non-hydrogen) atoms. The highest BCUT2D eigenvalue weighted by atomic mass is 32.2. The van der Waals surface area contributed by atoms with Gasteiger partial charge in [-0.15, -0.1) is 0 Å². The Kier molecular flexibility index (Phi) is 8.64. The van der Waals surface area contributed by atoms with Crippen molar-refractivity contribution in [3.8, 4) is 0 Å². The van der Waals surface area contributed by atoms with Crippen LogP contribution in [0.1, 0.15) is 40.0 Å². The molecule has 0 aromatic carbocycles. The number of rotatable bonds is 10. The summed E-state index contributed by atoms with van der Waals surface area (Å²) in [6.45, 7) is 11.3. The zero-order valence-electron chi connectivity index (χ0n) is 14.5. The van der Waals surface area contributed by atoms with E-state index in [1.807, 2.05) is 0 Å². The molecule has 0 aliphatic rings. The second kappa shape index (κ2) is 8.88. The minimum atomic E-state index is -3.52. The van der Waals surface area contributed by atoms with Crippen LogP contribution in [0.3, 0.4) is 0 Å². The maximum absolute atomic E-state index is 11.4. The van der Waals surface area contributed by atoms with E-state index < -0.39 is 24.5 Å². The van der Waals surface area contributed by atoms with Crippen LogP contribution in [0.25, 0.3) is 10.4 Å². The zero-order chi connectivity index (χ0) is 17.4. The van der Waals surface area contributed by atoms with Crippen LogP contribution in [0.5, 0.6) is 0 Å². The Bertz CT molecular complexity index is 482. The lowest BCUT2D eigenvalue weighted by molar-refractivity contribution is 0.117. The van der Waals surface area contributed by atoms with Gasteiger partial charge in [0.05, 0.1) is 19.0 Å². The summed E-state index contributed by atoms with van der Waals surface area (Å²) in [6.07, 6.45) is 2.54. The van der Waals surface area contributed by atoms with Gasteiger partial charge < -0.3 is 4.43 Å². The second-order valence-corrected chi connectivity index (χ2v) is 13.4. The Labute approximate surface area is 135 Å². The average Bonchev–Trinajstić information content (AvgIpc) is 2.32. The maximum Gasteiger partial charge on any atom is 0.264 e. The van der Waals surface area contributed by atoms with Crippen LogP contribution >= 0.6 is 0 Å². The Morgan fingerprint density at radius 1 is 1.27 bits per heavy atom. The molecule has 0 rings (SSSR count). The van der Waals surface area contributed by atoms with Crippen molar-refractivity contribution in [2.24, 2.45) is 5.11 Å². The molecule has 0 amide bonds. The minimum Gasteiger partial charge on any atom is -0.414 e.